The molecular formula is C17H11Cl3N2O3. The monoisotopic (exact) mass is 396 g/mol. The molecule has 0 saturated heterocycles. The van der Waals surface area contributed by atoms with Crippen LogP contribution >= 0.6 is 34.8 Å². The number of anilines is 2. The number of halogens is 3. The third-order valence-corrected chi connectivity index (χ3v) is 4.45. The number of imide groups is 1. The van der Waals surface area contributed by atoms with E-state index in [0.717, 1.165) is 4.90 Å². The Morgan fingerprint density at radius 3 is 2.44 bits per heavy atom. The molecule has 25 heavy (non-hydrogen) atoms. The van der Waals surface area contributed by atoms with Crippen LogP contribution in [0.5, 0.6) is 5.75 Å². The van der Waals surface area contributed by atoms with Crippen molar-refractivity contribution >= 4 is 58.0 Å². The first-order chi connectivity index (χ1) is 11.9. The van der Waals surface area contributed by atoms with Crippen LogP contribution in [-0.4, -0.2) is 18.9 Å². The van der Waals surface area contributed by atoms with Crippen LogP contribution in [0.4, 0.5) is 11.4 Å². The normalized spacial score (nSPS) is 14.3. The van der Waals surface area contributed by atoms with Gasteiger partial charge in [0.2, 0.25) is 0 Å². The van der Waals surface area contributed by atoms with Crippen molar-refractivity contribution < 1.29 is 14.3 Å². The largest absolute Gasteiger partial charge is 0.495 e. The minimum Gasteiger partial charge on any atom is -0.495 e. The van der Waals surface area contributed by atoms with Gasteiger partial charge >= 0.3 is 0 Å². The van der Waals surface area contributed by atoms with E-state index in [1.807, 2.05) is 0 Å². The number of nitrogens with zero attached hydrogens (tertiary/aromatic N) is 1. The molecule has 0 atom stereocenters. The second kappa shape index (κ2) is 6.96. The molecule has 8 heteroatoms. The number of rotatable bonds is 4. The Bertz CT molecular complexity index is 912. The molecule has 1 N–H and O–H groups in total. The van der Waals surface area contributed by atoms with E-state index in [0.29, 0.717) is 16.5 Å². The molecular weight excluding hydrogens is 387 g/mol. The minimum absolute atomic E-state index is 0.0628. The third kappa shape index (κ3) is 3.18. The molecule has 1 aliphatic rings. The topological polar surface area (TPSA) is 58.6 Å². The molecule has 1 heterocycles. The maximum Gasteiger partial charge on any atom is 0.283 e. The van der Waals surface area contributed by atoms with E-state index in [2.05, 4.69) is 5.32 Å². The molecule has 0 radical (unpaired) electrons. The number of hydrogen-bond acceptors (Lipinski definition) is 4. The summed E-state index contributed by atoms with van der Waals surface area (Å²) in [6, 6.07) is 11.4. The van der Waals surface area contributed by atoms with Crippen LogP contribution in [0.2, 0.25) is 10.0 Å². The number of hydrogen-bond donors (Lipinski definition) is 1. The molecule has 2 amide bonds. The Kier molecular flexibility index (Phi) is 4.90. The van der Waals surface area contributed by atoms with Crippen molar-refractivity contribution in [1.82, 2.24) is 0 Å². The van der Waals surface area contributed by atoms with E-state index in [-0.39, 0.29) is 21.4 Å². The first kappa shape index (κ1) is 17.6. The first-order valence-electron chi connectivity index (χ1n) is 7.07. The number of ether oxygens (including phenoxy) is 1. The Morgan fingerprint density at radius 2 is 1.72 bits per heavy atom. The molecule has 5 nitrogen and oxygen atoms in total. The molecule has 0 aliphatic carbocycles. The molecule has 0 bridgehead atoms. The molecule has 2 aromatic rings. The maximum absolute atomic E-state index is 12.8. The predicted molar refractivity (Wildman–Crippen MR) is 98.5 cm³/mol. The molecule has 0 aromatic heterocycles. The van der Waals surface area contributed by atoms with E-state index in [9.17, 15) is 9.59 Å². The average molecular weight is 398 g/mol. The van der Waals surface area contributed by atoms with Crippen molar-refractivity contribution in [3.8, 4) is 5.75 Å². The van der Waals surface area contributed by atoms with Gasteiger partial charge in [0.1, 0.15) is 16.5 Å². The van der Waals surface area contributed by atoms with E-state index >= 15 is 0 Å². The summed E-state index contributed by atoms with van der Waals surface area (Å²) in [6.07, 6.45) is 0. The van der Waals surface area contributed by atoms with E-state index in [1.54, 1.807) is 30.3 Å². The standard InChI is InChI=1S/C17H11Cl3N2O3/c1-25-13-5-3-2-4-11(13)21-15-14(20)16(23)22(17(15)24)12-8-9(18)6-7-10(12)19/h2-8,21H,1H3. The summed E-state index contributed by atoms with van der Waals surface area (Å²) in [5.74, 6) is -0.822. The first-order valence-corrected chi connectivity index (χ1v) is 8.21. The van der Waals surface area contributed by atoms with Gasteiger partial charge in [0.05, 0.1) is 23.5 Å². The van der Waals surface area contributed by atoms with Gasteiger partial charge in [-0.15, -0.1) is 0 Å². The summed E-state index contributed by atoms with van der Waals surface area (Å²) < 4.78 is 5.22. The summed E-state index contributed by atoms with van der Waals surface area (Å²) in [7, 11) is 1.50. The van der Waals surface area contributed by atoms with Crippen molar-refractivity contribution in [2.24, 2.45) is 0 Å². The number of amides is 2. The van der Waals surface area contributed by atoms with E-state index in [1.165, 1.54) is 19.2 Å². The zero-order valence-electron chi connectivity index (χ0n) is 12.8. The van der Waals surface area contributed by atoms with Crippen molar-refractivity contribution in [3.63, 3.8) is 0 Å². The SMILES string of the molecule is COc1ccccc1NC1=C(Cl)C(=O)N(c2cc(Cl)ccc2Cl)C1=O. The third-order valence-electron chi connectivity index (χ3n) is 3.54. The van der Waals surface area contributed by atoms with Gasteiger partial charge in [0, 0.05) is 5.02 Å². The van der Waals surface area contributed by atoms with Gasteiger partial charge in [-0.2, -0.15) is 0 Å². The molecule has 0 unspecified atom stereocenters. The molecule has 2 aromatic carbocycles. The lowest BCUT2D eigenvalue weighted by Gasteiger charge is -2.17. The van der Waals surface area contributed by atoms with Crippen LogP contribution in [0.3, 0.4) is 0 Å². The maximum atomic E-state index is 12.8. The van der Waals surface area contributed by atoms with Gasteiger partial charge in [-0.05, 0) is 30.3 Å². The quantitative estimate of drug-likeness (QED) is 0.775. The van der Waals surface area contributed by atoms with Gasteiger partial charge in [0.15, 0.2) is 0 Å². The zero-order chi connectivity index (χ0) is 18.1. The van der Waals surface area contributed by atoms with E-state index in [4.69, 9.17) is 39.5 Å². The molecule has 3 rings (SSSR count). The van der Waals surface area contributed by atoms with Crippen LogP contribution in [0.15, 0.2) is 53.2 Å². The van der Waals surface area contributed by atoms with Gasteiger partial charge in [-0.25, -0.2) is 4.90 Å². The van der Waals surface area contributed by atoms with Gasteiger partial charge in [-0.3, -0.25) is 9.59 Å². The lowest BCUT2D eigenvalue weighted by molar-refractivity contribution is -0.120. The summed E-state index contributed by atoms with van der Waals surface area (Å²) in [6.45, 7) is 0. The van der Waals surface area contributed by atoms with Crippen LogP contribution in [0, 0.1) is 0 Å². The highest BCUT2D eigenvalue weighted by Crippen LogP contribution is 2.36. The summed E-state index contributed by atoms with van der Waals surface area (Å²) in [5.41, 5.74) is 0.602. The lowest BCUT2D eigenvalue weighted by atomic mass is 10.2. The number of para-hydroxylation sites is 2. The van der Waals surface area contributed by atoms with E-state index < -0.39 is 11.8 Å². The van der Waals surface area contributed by atoms with Crippen LogP contribution < -0.4 is 15.0 Å². The lowest BCUT2D eigenvalue weighted by Crippen LogP contribution is -2.32. The summed E-state index contributed by atoms with van der Waals surface area (Å²) in [5, 5.41) is 3.15. The minimum atomic E-state index is -0.687. The Balaban J connectivity index is 1.98. The fourth-order valence-corrected chi connectivity index (χ4v) is 2.95. The highest BCUT2D eigenvalue weighted by Gasteiger charge is 2.40. The number of methoxy groups -OCH3 is 1. The Hall–Kier alpha value is -2.21. The summed E-state index contributed by atoms with van der Waals surface area (Å²) >= 11 is 18.1. The second-order valence-corrected chi connectivity index (χ2v) is 6.28. The van der Waals surface area contributed by atoms with Crippen LogP contribution in [-0.2, 0) is 9.59 Å². The van der Waals surface area contributed by atoms with Crippen LogP contribution in [0.1, 0.15) is 0 Å². The number of nitrogens with one attached hydrogen (secondary N) is 1. The Labute approximate surface area is 158 Å². The van der Waals surface area contributed by atoms with Crippen molar-refractivity contribution in [2.45, 2.75) is 0 Å². The van der Waals surface area contributed by atoms with Gasteiger partial charge in [-0.1, -0.05) is 46.9 Å². The van der Waals surface area contributed by atoms with Crippen LogP contribution in [0.25, 0.3) is 0 Å². The number of carbonyl (C=O) groups is 2. The zero-order valence-corrected chi connectivity index (χ0v) is 15.1. The number of benzene rings is 2. The van der Waals surface area contributed by atoms with Gasteiger partial charge in [0.25, 0.3) is 11.8 Å². The Morgan fingerprint density at radius 1 is 1.00 bits per heavy atom. The highest BCUT2D eigenvalue weighted by atomic mass is 35.5. The fraction of sp³-hybridized carbons (Fsp3) is 0.0588. The average Bonchev–Trinajstić information content (AvgIpc) is 2.81. The molecule has 128 valence electrons. The van der Waals surface area contributed by atoms with Crippen molar-refractivity contribution in [3.05, 3.63) is 63.2 Å². The second-order valence-electron chi connectivity index (χ2n) is 5.06. The van der Waals surface area contributed by atoms with Crippen molar-refractivity contribution in [1.29, 1.82) is 0 Å². The molecule has 1 aliphatic heterocycles. The number of carbonyl (C=O) groups excluding carboxylic acids is 2. The van der Waals surface area contributed by atoms with Gasteiger partial charge < -0.3 is 10.1 Å². The molecule has 0 saturated carbocycles. The van der Waals surface area contributed by atoms with Crippen molar-refractivity contribution in [2.75, 3.05) is 17.3 Å². The predicted octanol–water partition coefficient (Wildman–Crippen LogP) is 4.44. The smallest absolute Gasteiger partial charge is 0.283 e. The molecule has 0 spiro atoms. The highest BCUT2D eigenvalue weighted by molar-refractivity contribution is 6.54. The fourth-order valence-electron chi connectivity index (χ4n) is 2.37. The molecule has 0 fully saturated rings. The summed E-state index contributed by atoms with van der Waals surface area (Å²) in [4.78, 5) is 26.1.